The molecule has 0 saturated heterocycles. The number of carboxylic acids is 1. The van der Waals surface area contributed by atoms with Crippen LogP contribution in [0.2, 0.25) is 0 Å². The topological polar surface area (TPSA) is 160 Å². The summed E-state index contributed by atoms with van der Waals surface area (Å²) in [4.78, 5) is 40.4. The van der Waals surface area contributed by atoms with Crippen LogP contribution in [-0.4, -0.2) is 34.9 Å². The first-order chi connectivity index (χ1) is 15.8. The van der Waals surface area contributed by atoms with Crippen molar-refractivity contribution >= 4 is 35.1 Å². The molecule has 168 valence electrons. The molecule has 3 aromatic rings. The zero-order chi connectivity index (χ0) is 23.8. The van der Waals surface area contributed by atoms with Gasteiger partial charge in [0.05, 0.1) is 5.69 Å². The number of nitrogens with two attached hydrogens (primary N) is 2. The number of amides is 2. The Kier molecular flexibility index (Phi) is 7.38. The van der Waals surface area contributed by atoms with Crippen LogP contribution in [0.15, 0.2) is 83.9 Å². The molecule has 0 fully saturated rings. The fourth-order valence-corrected chi connectivity index (χ4v) is 3.06. The Bertz CT molecular complexity index is 1170. The zero-order valence-electron chi connectivity index (χ0n) is 17.6. The SMILES string of the molecule is NC(N)=Nc1cccc(C(=O)Nc2ccc(CC(NC(=O)c3ccccc3)C(=O)O)cc2)c1. The van der Waals surface area contributed by atoms with Gasteiger partial charge in [-0.3, -0.25) is 9.59 Å². The maximum Gasteiger partial charge on any atom is 0.326 e. The normalized spacial score (nSPS) is 11.2. The van der Waals surface area contributed by atoms with E-state index in [0.29, 0.717) is 28.1 Å². The van der Waals surface area contributed by atoms with Crippen molar-refractivity contribution in [3.8, 4) is 0 Å². The van der Waals surface area contributed by atoms with Crippen molar-refractivity contribution in [2.75, 3.05) is 5.32 Å². The van der Waals surface area contributed by atoms with Gasteiger partial charge in [0.15, 0.2) is 5.96 Å². The molecule has 7 N–H and O–H groups in total. The maximum absolute atomic E-state index is 12.5. The van der Waals surface area contributed by atoms with Gasteiger partial charge in [-0.15, -0.1) is 0 Å². The molecule has 0 bridgehead atoms. The number of carboxylic acid groups (broad SMARTS) is 1. The van der Waals surface area contributed by atoms with Gasteiger partial charge in [0.25, 0.3) is 11.8 Å². The van der Waals surface area contributed by atoms with Crippen molar-refractivity contribution in [1.29, 1.82) is 0 Å². The standard InChI is InChI=1S/C24H23N5O4/c25-24(26)28-19-8-4-7-17(14-19)22(31)27-18-11-9-15(10-12-18)13-20(23(32)33)29-21(30)16-5-2-1-3-6-16/h1-12,14,20H,13H2,(H,27,31)(H,29,30)(H,32,33)(H4,25,26,28). The summed E-state index contributed by atoms with van der Waals surface area (Å²) >= 11 is 0. The molecular formula is C24H23N5O4. The Morgan fingerprint density at radius 2 is 1.52 bits per heavy atom. The average Bonchev–Trinajstić information content (AvgIpc) is 2.80. The molecule has 9 nitrogen and oxygen atoms in total. The average molecular weight is 445 g/mol. The van der Waals surface area contributed by atoms with Gasteiger partial charge in [-0.1, -0.05) is 36.4 Å². The number of nitrogens with one attached hydrogen (secondary N) is 2. The van der Waals surface area contributed by atoms with E-state index in [-0.39, 0.29) is 18.3 Å². The summed E-state index contributed by atoms with van der Waals surface area (Å²) in [5.41, 5.74) is 13.1. The quantitative estimate of drug-likeness (QED) is 0.264. The van der Waals surface area contributed by atoms with E-state index in [1.807, 2.05) is 0 Å². The summed E-state index contributed by atoms with van der Waals surface area (Å²) in [5, 5.41) is 14.8. The highest BCUT2D eigenvalue weighted by Gasteiger charge is 2.21. The van der Waals surface area contributed by atoms with Gasteiger partial charge in [0, 0.05) is 23.2 Å². The molecule has 0 saturated carbocycles. The third kappa shape index (κ3) is 6.66. The molecule has 0 aliphatic heterocycles. The van der Waals surface area contributed by atoms with E-state index in [4.69, 9.17) is 11.5 Å². The molecular weight excluding hydrogens is 422 g/mol. The third-order valence-corrected chi connectivity index (χ3v) is 4.66. The Hall–Kier alpha value is -4.66. The lowest BCUT2D eigenvalue weighted by Gasteiger charge is -2.15. The van der Waals surface area contributed by atoms with E-state index in [1.54, 1.807) is 78.9 Å². The number of hydrogen-bond acceptors (Lipinski definition) is 4. The minimum Gasteiger partial charge on any atom is -0.480 e. The molecule has 0 radical (unpaired) electrons. The molecule has 0 spiro atoms. The predicted octanol–water partition coefficient (Wildman–Crippen LogP) is 2.27. The van der Waals surface area contributed by atoms with Crippen LogP contribution >= 0.6 is 0 Å². The number of benzene rings is 3. The lowest BCUT2D eigenvalue weighted by Crippen LogP contribution is -2.42. The molecule has 1 unspecified atom stereocenters. The van der Waals surface area contributed by atoms with Crippen molar-refractivity contribution in [2.24, 2.45) is 16.5 Å². The molecule has 33 heavy (non-hydrogen) atoms. The van der Waals surface area contributed by atoms with Crippen molar-refractivity contribution in [3.63, 3.8) is 0 Å². The van der Waals surface area contributed by atoms with E-state index in [2.05, 4.69) is 15.6 Å². The number of rotatable bonds is 8. The molecule has 2 amide bonds. The van der Waals surface area contributed by atoms with Crippen molar-refractivity contribution < 1.29 is 19.5 Å². The molecule has 1 atom stereocenters. The lowest BCUT2D eigenvalue weighted by molar-refractivity contribution is -0.139. The van der Waals surface area contributed by atoms with Crippen molar-refractivity contribution in [1.82, 2.24) is 5.32 Å². The molecule has 3 rings (SSSR count). The van der Waals surface area contributed by atoms with Gasteiger partial charge >= 0.3 is 5.97 Å². The Morgan fingerprint density at radius 1 is 0.848 bits per heavy atom. The highest BCUT2D eigenvalue weighted by atomic mass is 16.4. The molecule has 3 aromatic carbocycles. The predicted molar refractivity (Wildman–Crippen MR) is 125 cm³/mol. The highest BCUT2D eigenvalue weighted by molar-refractivity contribution is 6.04. The van der Waals surface area contributed by atoms with Crippen LogP contribution in [0.4, 0.5) is 11.4 Å². The van der Waals surface area contributed by atoms with Crippen LogP contribution in [0, 0.1) is 0 Å². The van der Waals surface area contributed by atoms with Crippen LogP contribution in [0.25, 0.3) is 0 Å². The molecule has 0 aliphatic carbocycles. The number of carbonyl (C=O) groups excluding carboxylic acids is 2. The van der Waals surface area contributed by atoms with Crippen molar-refractivity contribution in [3.05, 3.63) is 95.6 Å². The minimum atomic E-state index is -1.14. The zero-order valence-corrected chi connectivity index (χ0v) is 17.6. The fourth-order valence-electron chi connectivity index (χ4n) is 3.06. The van der Waals surface area contributed by atoms with E-state index in [9.17, 15) is 19.5 Å². The Labute approximate surface area is 190 Å². The monoisotopic (exact) mass is 445 g/mol. The molecule has 9 heteroatoms. The second-order valence-corrected chi connectivity index (χ2v) is 7.17. The van der Waals surface area contributed by atoms with Gasteiger partial charge in [0.1, 0.15) is 6.04 Å². The molecule has 0 heterocycles. The number of hydrogen-bond donors (Lipinski definition) is 5. The second kappa shape index (κ2) is 10.6. The summed E-state index contributed by atoms with van der Waals surface area (Å²) in [6, 6.07) is 20.5. The number of anilines is 1. The summed E-state index contributed by atoms with van der Waals surface area (Å²) in [7, 11) is 0. The summed E-state index contributed by atoms with van der Waals surface area (Å²) in [5.74, 6) is -2.07. The summed E-state index contributed by atoms with van der Waals surface area (Å²) in [6.07, 6.45) is 0.0860. The smallest absolute Gasteiger partial charge is 0.326 e. The van der Waals surface area contributed by atoms with Gasteiger partial charge in [-0.05, 0) is 48.0 Å². The van der Waals surface area contributed by atoms with E-state index >= 15 is 0 Å². The van der Waals surface area contributed by atoms with Crippen LogP contribution in [0.5, 0.6) is 0 Å². The van der Waals surface area contributed by atoms with Gasteiger partial charge in [0.2, 0.25) is 0 Å². The maximum atomic E-state index is 12.5. The second-order valence-electron chi connectivity index (χ2n) is 7.17. The lowest BCUT2D eigenvalue weighted by atomic mass is 10.0. The molecule has 0 aromatic heterocycles. The van der Waals surface area contributed by atoms with Gasteiger partial charge < -0.3 is 27.2 Å². The number of guanidine groups is 1. The number of aliphatic carboxylic acids is 1. The number of carbonyl (C=O) groups is 3. The van der Waals surface area contributed by atoms with Crippen LogP contribution in [0.3, 0.4) is 0 Å². The molecule has 0 aliphatic rings. The minimum absolute atomic E-state index is 0.0860. The summed E-state index contributed by atoms with van der Waals surface area (Å²) in [6.45, 7) is 0. The Balaban J connectivity index is 1.64. The van der Waals surface area contributed by atoms with E-state index < -0.39 is 17.9 Å². The number of aliphatic imine (C=N–C) groups is 1. The summed E-state index contributed by atoms with van der Waals surface area (Å²) < 4.78 is 0. The fraction of sp³-hybridized carbons (Fsp3) is 0.0833. The first-order valence-corrected chi connectivity index (χ1v) is 10.0. The largest absolute Gasteiger partial charge is 0.480 e. The number of nitrogens with zero attached hydrogens (tertiary/aromatic N) is 1. The Morgan fingerprint density at radius 3 is 2.15 bits per heavy atom. The third-order valence-electron chi connectivity index (χ3n) is 4.66. The first kappa shape index (κ1) is 23.0. The highest BCUT2D eigenvalue weighted by Crippen LogP contribution is 2.17. The van der Waals surface area contributed by atoms with E-state index in [1.165, 1.54) is 0 Å². The van der Waals surface area contributed by atoms with E-state index in [0.717, 1.165) is 0 Å². The first-order valence-electron chi connectivity index (χ1n) is 10.0. The van der Waals surface area contributed by atoms with Gasteiger partial charge in [-0.25, -0.2) is 9.79 Å². The van der Waals surface area contributed by atoms with Crippen LogP contribution in [0.1, 0.15) is 26.3 Å². The van der Waals surface area contributed by atoms with Gasteiger partial charge in [-0.2, -0.15) is 0 Å². The van der Waals surface area contributed by atoms with Crippen LogP contribution in [-0.2, 0) is 11.2 Å². The van der Waals surface area contributed by atoms with Crippen molar-refractivity contribution in [2.45, 2.75) is 12.5 Å². The van der Waals surface area contributed by atoms with Crippen LogP contribution < -0.4 is 22.1 Å².